The molecule has 1 atom stereocenters. The Hall–Kier alpha value is -2.22. The molecule has 1 aromatic heterocycles. The quantitative estimate of drug-likeness (QED) is 0.549. The largest absolute Gasteiger partial charge is 0.467 e. The molecule has 6 nitrogen and oxygen atoms in total. The van der Waals surface area contributed by atoms with Crippen LogP contribution in [0.25, 0.3) is 10.9 Å². The van der Waals surface area contributed by atoms with Crippen LogP contribution < -0.4 is 4.72 Å². The summed E-state index contributed by atoms with van der Waals surface area (Å²) in [4.78, 5) is 13.1. The van der Waals surface area contributed by atoms with Crippen molar-refractivity contribution in [1.29, 1.82) is 0 Å². The summed E-state index contributed by atoms with van der Waals surface area (Å²) in [6, 6.07) is 11.9. The van der Waals surface area contributed by atoms with E-state index in [4.69, 9.17) is 27.9 Å². The highest BCUT2D eigenvalue weighted by atomic mass is 35.5. The predicted molar refractivity (Wildman–Crippen MR) is 116 cm³/mol. The Kier molecular flexibility index (Phi) is 5.85. The first kappa shape index (κ1) is 21.5. The van der Waals surface area contributed by atoms with E-state index in [0.717, 1.165) is 6.26 Å². The van der Waals surface area contributed by atoms with Gasteiger partial charge >= 0.3 is 5.97 Å². The van der Waals surface area contributed by atoms with Gasteiger partial charge in [-0.3, -0.25) is 4.72 Å². The van der Waals surface area contributed by atoms with Gasteiger partial charge < -0.3 is 9.30 Å². The minimum Gasteiger partial charge on any atom is -0.467 e. The van der Waals surface area contributed by atoms with Crippen molar-refractivity contribution in [2.75, 3.05) is 18.1 Å². The van der Waals surface area contributed by atoms with Crippen molar-refractivity contribution in [2.24, 2.45) is 0 Å². The minimum absolute atomic E-state index is 0.331. The van der Waals surface area contributed by atoms with E-state index in [2.05, 4.69) is 4.72 Å². The van der Waals surface area contributed by atoms with Crippen molar-refractivity contribution in [1.82, 2.24) is 4.57 Å². The number of methoxy groups -OCH3 is 1. The van der Waals surface area contributed by atoms with Crippen molar-refractivity contribution in [3.05, 3.63) is 64.3 Å². The van der Waals surface area contributed by atoms with Gasteiger partial charge in [-0.05, 0) is 36.8 Å². The third kappa shape index (κ3) is 3.82. The molecule has 0 amide bonds. The number of halogens is 2. The molecule has 1 heterocycles. The molecule has 0 aliphatic rings. The molecule has 0 saturated carbocycles. The molecule has 0 radical (unpaired) electrons. The summed E-state index contributed by atoms with van der Waals surface area (Å²) in [5.41, 5.74) is 0.344. The molecule has 0 spiro atoms. The number of carbonyl (C=O) groups excluding carboxylic acids is 1. The lowest BCUT2D eigenvalue weighted by Crippen LogP contribution is -2.43. The number of rotatable bonds is 6. The molecule has 3 rings (SSSR count). The second kappa shape index (κ2) is 7.89. The van der Waals surface area contributed by atoms with E-state index < -0.39 is 21.5 Å². The van der Waals surface area contributed by atoms with Crippen LogP contribution in [0, 0.1) is 0 Å². The summed E-state index contributed by atoms with van der Waals surface area (Å²) in [5, 5.41) is 1.42. The van der Waals surface area contributed by atoms with Crippen LogP contribution in [0.15, 0.2) is 48.7 Å². The number of nitrogens with zero attached hydrogens (tertiary/aromatic N) is 1. The second-order valence-corrected chi connectivity index (χ2v) is 9.22. The van der Waals surface area contributed by atoms with Gasteiger partial charge in [0.1, 0.15) is 0 Å². The van der Waals surface area contributed by atoms with Crippen molar-refractivity contribution < 1.29 is 17.9 Å². The van der Waals surface area contributed by atoms with E-state index >= 15 is 0 Å². The number of sulfonamides is 1. The molecule has 0 aliphatic heterocycles. The molecule has 0 bridgehead atoms. The van der Waals surface area contributed by atoms with E-state index in [0.29, 0.717) is 38.6 Å². The molecule has 3 aromatic rings. The molecule has 29 heavy (non-hydrogen) atoms. The highest BCUT2D eigenvalue weighted by molar-refractivity contribution is 7.92. The topological polar surface area (TPSA) is 77.4 Å². The highest BCUT2D eigenvalue weighted by Gasteiger charge is 2.44. The normalized spacial score (nSPS) is 13.8. The number of ether oxygens (including phenoxy) is 1. The fourth-order valence-electron chi connectivity index (χ4n) is 3.63. The van der Waals surface area contributed by atoms with Gasteiger partial charge in [0.2, 0.25) is 10.0 Å². The van der Waals surface area contributed by atoms with Crippen molar-refractivity contribution in [3.8, 4) is 0 Å². The van der Waals surface area contributed by atoms with Crippen LogP contribution in [0.3, 0.4) is 0 Å². The Balaban J connectivity index is 2.34. The van der Waals surface area contributed by atoms with Crippen LogP contribution in [0.4, 0.5) is 5.69 Å². The first-order valence-corrected chi connectivity index (χ1v) is 11.4. The van der Waals surface area contributed by atoms with Gasteiger partial charge in [0.05, 0.1) is 24.6 Å². The van der Waals surface area contributed by atoms with E-state index in [-0.39, 0.29) is 0 Å². The van der Waals surface area contributed by atoms with Gasteiger partial charge in [0.15, 0.2) is 5.54 Å². The molecule has 0 fully saturated rings. The fraction of sp³-hybridized carbons (Fsp3) is 0.250. The number of aromatic nitrogens is 1. The van der Waals surface area contributed by atoms with Crippen LogP contribution in [-0.4, -0.2) is 32.3 Å². The molecule has 2 aromatic carbocycles. The first-order chi connectivity index (χ1) is 13.6. The molecule has 0 aliphatic carbocycles. The van der Waals surface area contributed by atoms with Crippen LogP contribution >= 0.6 is 23.2 Å². The number of hydrogen-bond acceptors (Lipinski definition) is 4. The Morgan fingerprint density at radius 3 is 2.52 bits per heavy atom. The van der Waals surface area contributed by atoms with E-state index in [1.807, 2.05) is 6.92 Å². The van der Waals surface area contributed by atoms with Crippen molar-refractivity contribution >= 4 is 55.8 Å². The zero-order valence-corrected chi connectivity index (χ0v) is 18.4. The Labute approximate surface area is 179 Å². The van der Waals surface area contributed by atoms with Gasteiger partial charge in [-0.1, -0.05) is 42.3 Å². The zero-order valence-electron chi connectivity index (χ0n) is 16.1. The van der Waals surface area contributed by atoms with Gasteiger partial charge in [0, 0.05) is 27.2 Å². The Bertz CT molecular complexity index is 1190. The summed E-state index contributed by atoms with van der Waals surface area (Å²) in [6.07, 6.45) is 3.15. The smallest absolute Gasteiger partial charge is 0.336 e. The fourth-order valence-corrected chi connectivity index (χ4v) is 4.77. The van der Waals surface area contributed by atoms with Gasteiger partial charge in [-0.15, -0.1) is 0 Å². The summed E-state index contributed by atoms with van der Waals surface area (Å²) in [7, 11) is -2.15. The lowest BCUT2D eigenvalue weighted by Gasteiger charge is -2.34. The van der Waals surface area contributed by atoms with Crippen LogP contribution in [0.1, 0.15) is 18.9 Å². The zero-order chi connectivity index (χ0) is 21.4. The third-order valence-electron chi connectivity index (χ3n) is 4.85. The van der Waals surface area contributed by atoms with Crippen molar-refractivity contribution in [3.63, 3.8) is 0 Å². The van der Waals surface area contributed by atoms with E-state index in [1.165, 1.54) is 7.11 Å². The number of carbonyl (C=O) groups is 1. The summed E-state index contributed by atoms with van der Waals surface area (Å²) < 4.78 is 32.9. The van der Waals surface area contributed by atoms with E-state index in [1.54, 1.807) is 53.2 Å². The first-order valence-electron chi connectivity index (χ1n) is 8.76. The average molecular weight is 455 g/mol. The average Bonchev–Trinajstić information content (AvgIpc) is 3.08. The van der Waals surface area contributed by atoms with E-state index in [9.17, 15) is 13.2 Å². The van der Waals surface area contributed by atoms with Crippen LogP contribution in [0.2, 0.25) is 10.0 Å². The van der Waals surface area contributed by atoms with Gasteiger partial charge in [0.25, 0.3) is 0 Å². The standard InChI is InChI=1S/C20H20Cl2N2O4S/c1-4-20(19(25)28-2,15-9-8-13(21)12-16(15)22)24-11-10-14-17(23-29(3,26)27)6-5-7-18(14)24/h5-12,23H,4H2,1-3H3. The molecular weight excluding hydrogens is 435 g/mol. The Morgan fingerprint density at radius 1 is 1.21 bits per heavy atom. The number of esters is 1. The predicted octanol–water partition coefficient (Wildman–Crippen LogP) is 4.65. The van der Waals surface area contributed by atoms with Crippen LogP contribution in [0.5, 0.6) is 0 Å². The monoisotopic (exact) mass is 454 g/mol. The molecular formula is C20H20Cl2N2O4S. The number of nitrogens with one attached hydrogen (secondary N) is 1. The molecule has 1 N–H and O–H groups in total. The van der Waals surface area contributed by atoms with Crippen LogP contribution in [-0.2, 0) is 25.1 Å². The number of anilines is 1. The van der Waals surface area contributed by atoms with Gasteiger partial charge in [-0.2, -0.15) is 0 Å². The maximum absolute atomic E-state index is 13.1. The second-order valence-electron chi connectivity index (χ2n) is 6.63. The highest BCUT2D eigenvalue weighted by Crippen LogP contribution is 2.40. The summed E-state index contributed by atoms with van der Waals surface area (Å²) in [5.74, 6) is -0.497. The SMILES string of the molecule is CCC(C(=O)OC)(c1ccc(Cl)cc1Cl)n1ccc2c(NS(C)(=O)=O)cccc21. The minimum atomic E-state index is -3.47. The summed E-state index contributed by atoms with van der Waals surface area (Å²) >= 11 is 12.5. The number of benzene rings is 2. The molecule has 154 valence electrons. The maximum atomic E-state index is 13.1. The molecule has 9 heteroatoms. The van der Waals surface area contributed by atoms with Crippen molar-refractivity contribution in [2.45, 2.75) is 18.9 Å². The lowest BCUT2D eigenvalue weighted by molar-refractivity contribution is -0.149. The third-order valence-corrected chi connectivity index (χ3v) is 5.99. The molecule has 0 saturated heterocycles. The Morgan fingerprint density at radius 2 is 1.93 bits per heavy atom. The number of hydrogen-bond donors (Lipinski definition) is 1. The van der Waals surface area contributed by atoms with Gasteiger partial charge in [-0.25, -0.2) is 13.2 Å². The maximum Gasteiger partial charge on any atom is 0.336 e. The molecule has 1 unspecified atom stereocenters. The number of fused-ring (bicyclic) bond motifs is 1. The summed E-state index contributed by atoms with van der Waals surface area (Å²) in [6.45, 7) is 1.85. The lowest BCUT2D eigenvalue weighted by atomic mass is 9.86.